The van der Waals surface area contributed by atoms with E-state index in [4.69, 9.17) is 4.74 Å². The van der Waals surface area contributed by atoms with Crippen LogP contribution in [-0.2, 0) is 6.42 Å². The molecule has 22 heavy (non-hydrogen) atoms. The molecule has 0 aliphatic rings. The van der Waals surface area contributed by atoms with E-state index in [1.165, 1.54) is 11.3 Å². The lowest BCUT2D eigenvalue weighted by Gasteiger charge is -2.11. The Morgan fingerprint density at radius 1 is 1.14 bits per heavy atom. The van der Waals surface area contributed by atoms with E-state index < -0.39 is 6.10 Å². The molecule has 0 saturated carbocycles. The van der Waals surface area contributed by atoms with Gasteiger partial charge in [0.2, 0.25) is 0 Å². The average molecular weight is 312 g/mol. The first-order valence-corrected chi connectivity index (χ1v) is 7.83. The third-order valence-electron chi connectivity index (χ3n) is 3.57. The predicted octanol–water partition coefficient (Wildman–Crippen LogP) is 3.55. The van der Waals surface area contributed by atoms with Crippen molar-refractivity contribution < 1.29 is 9.84 Å². The summed E-state index contributed by atoms with van der Waals surface area (Å²) in [4.78, 5) is 13.2. The van der Waals surface area contributed by atoms with Gasteiger partial charge in [-0.15, -0.1) is 11.3 Å². The Hall–Kier alpha value is -2.17. The molecule has 0 saturated heterocycles. The van der Waals surface area contributed by atoms with Gasteiger partial charge in [0, 0.05) is 16.0 Å². The Morgan fingerprint density at radius 3 is 2.64 bits per heavy atom. The SMILES string of the molecule is COc1cccc2sc(CC(O)c3ccccc3)cc(=O)c12. The van der Waals surface area contributed by atoms with Gasteiger partial charge >= 0.3 is 0 Å². The van der Waals surface area contributed by atoms with Crippen molar-refractivity contribution in [2.45, 2.75) is 12.5 Å². The highest BCUT2D eigenvalue weighted by Gasteiger charge is 2.12. The Bertz CT molecular complexity index is 840. The summed E-state index contributed by atoms with van der Waals surface area (Å²) in [7, 11) is 1.56. The highest BCUT2D eigenvalue weighted by molar-refractivity contribution is 7.18. The number of rotatable bonds is 4. The summed E-state index contributed by atoms with van der Waals surface area (Å²) in [5.74, 6) is 0.592. The number of methoxy groups -OCH3 is 1. The molecule has 0 fully saturated rings. The van der Waals surface area contributed by atoms with Crippen LogP contribution in [0.15, 0.2) is 59.4 Å². The van der Waals surface area contributed by atoms with E-state index in [2.05, 4.69) is 0 Å². The molecule has 0 spiro atoms. The van der Waals surface area contributed by atoms with Gasteiger partial charge in [0.05, 0.1) is 18.6 Å². The lowest BCUT2D eigenvalue weighted by atomic mass is 10.1. The maximum absolute atomic E-state index is 12.3. The smallest absolute Gasteiger partial charge is 0.192 e. The van der Waals surface area contributed by atoms with Gasteiger partial charge in [0.15, 0.2) is 5.43 Å². The molecule has 3 nitrogen and oxygen atoms in total. The third-order valence-corrected chi connectivity index (χ3v) is 4.67. The normalized spacial score (nSPS) is 12.3. The summed E-state index contributed by atoms with van der Waals surface area (Å²) in [5, 5.41) is 10.9. The quantitative estimate of drug-likeness (QED) is 0.801. The molecule has 1 N–H and O–H groups in total. The Morgan fingerprint density at radius 2 is 1.91 bits per heavy atom. The van der Waals surface area contributed by atoms with E-state index in [1.807, 2.05) is 42.5 Å². The molecule has 0 amide bonds. The second-order valence-electron chi connectivity index (χ2n) is 5.04. The van der Waals surface area contributed by atoms with Crippen molar-refractivity contribution in [3.8, 4) is 5.75 Å². The van der Waals surface area contributed by atoms with Gasteiger partial charge in [0.25, 0.3) is 0 Å². The molecule has 0 bridgehead atoms. The molecule has 0 radical (unpaired) electrons. The maximum Gasteiger partial charge on any atom is 0.192 e. The topological polar surface area (TPSA) is 46.5 Å². The number of aliphatic hydroxyl groups is 1. The first-order valence-electron chi connectivity index (χ1n) is 7.02. The van der Waals surface area contributed by atoms with E-state index in [1.54, 1.807) is 19.2 Å². The Labute approximate surface area is 132 Å². The minimum Gasteiger partial charge on any atom is -0.496 e. The van der Waals surface area contributed by atoms with Crippen molar-refractivity contribution in [1.82, 2.24) is 0 Å². The molecule has 0 aliphatic carbocycles. The van der Waals surface area contributed by atoms with Crippen LogP contribution in [0.4, 0.5) is 0 Å². The van der Waals surface area contributed by atoms with Crippen molar-refractivity contribution in [3.05, 3.63) is 75.3 Å². The summed E-state index contributed by atoms with van der Waals surface area (Å²) in [6.07, 6.45) is -0.184. The van der Waals surface area contributed by atoms with Crippen LogP contribution >= 0.6 is 11.3 Å². The standard InChI is InChI=1S/C18H16O3S/c1-21-16-8-5-9-17-18(16)15(20)11-13(22-17)10-14(19)12-6-3-2-4-7-12/h2-9,11,14,19H,10H2,1H3. The van der Waals surface area contributed by atoms with Gasteiger partial charge in [0.1, 0.15) is 5.75 Å². The molecule has 1 unspecified atom stereocenters. The number of fused-ring (bicyclic) bond motifs is 1. The van der Waals surface area contributed by atoms with Crippen molar-refractivity contribution in [3.63, 3.8) is 0 Å². The van der Waals surface area contributed by atoms with Gasteiger partial charge < -0.3 is 9.84 Å². The fraction of sp³-hybridized carbons (Fsp3) is 0.167. The number of hydrogen-bond donors (Lipinski definition) is 1. The average Bonchev–Trinajstić information content (AvgIpc) is 2.55. The van der Waals surface area contributed by atoms with Gasteiger partial charge in [-0.2, -0.15) is 0 Å². The lowest BCUT2D eigenvalue weighted by Crippen LogP contribution is -2.06. The molecule has 1 atom stereocenters. The zero-order chi connectivity index (χ0) is 15.5. The van der Waals surface area contributed by atoms with Crippen LogP contribution in [0.25, 0.3) is 10.1 Å². The molecular weight excluding hydrogens is 296 g/mol. The molecule has 112 valence electrons. The van der Waals surface area contributed by atoms with Crippen molar-refractivity contribution in [2.75, 3.05) is 7.11 Å². The molecule has 3 aromatic rings. The van der Waals surface area contributed by atoms with Crippen LogP contribution in [0.3, 0.4) is 0 Å². The fourth-order valence-corrected chi connectivity index (χ4v) is 3.62. The molecule has 3 rings (SSSR count). The van der Waals surface area contributed by atoms with Gasteiger partial charge in [-0.25, -0.2) is 0 Å². The lowest BCUT2D eigenvalue weighted by molar-refractivity contribution is 0.179. The maximum atomic E-state index is 12.3. The van der Waals surface area contributed by atoms with E-state index in [0.717, 1.165) is 15.1 Å². The van der Waals surface area contributed by atoms with Gasteiger partial charge in [-0.05, 0) is 23.8 Å². The van der Waals surface area contributed by atoms with Gasteiger partial charge in [-0.1, -0.05) is 36.4 Å². The van der Waals surface area contributed by atoms with Crippen LogP contribution in [0.2, 0.25) is 0 Å². The van der Waals surface area contributed by atoms with Crippen molar-refractivity contribution in [2.24, 2.45) is 0 Å². The predicted molar refractivity (Wildman–Crippen MR) is 89.8 cm³/mol. The van der Waals surface area contributed by atoms with Crippen LogP contribution in [0, 0.1) is 0 Å². The highest BCUT2D eigenvalue weighted by Crippen LogP contribution is 2.28. The zero-order valence-electron chi connectivity index (χ0n) is 12.2. The first kappa shape index (κ1) is 14.8. The summed E-state index contributed by atoms with van der Waals surface area (Å²) in [6, 6.07) is 16.6. The summed E-state index contributed by atoms with van der Waals surface area (Å²) in [5.41, 5.74) is 0.786. The minimum absolute atomic E-state index is 0.0681. The number of benzene rings is 2. The number of aliphatic hydroxyl groups excluding tert-OH is 1. The van der Waals surface area contributed by atoms with Crippen molar-refractivity contribution >= 4 is 21.4 Å². The van der Waals surface area contributed by atoms with E-state index >= 15 is 0 Å². The minimum atomic E-state index is -0.611. The number of hydrogen-bond acceptors (Lipinski definition) is 4. The van der Waals surface area contributed by atoms with Crippen LogP contribution in [-0.4, -0.2) is 12.2 Å². The third kappa shape index (κ3) is 2.89. The molecule has 1 aromatic heterocycles. The summed E-state index contributed by atoms with van der Waals surface area (Å²) < 4.78 is 6.13. The number of ether oxygens (including phenoxy) is 1. The molecule has 1 heterocycles. The van der Waals surface area contributed by atoms with E-state index in [-0.39, 0.29) is 5.43 Å². The van der Waals surface area contributed by atoms with Crippen LogP contribution < -0.4 is 10.2 Å². The first-order chi connectivity index (χ1) is 10.7. The Balaban J connectivity index is 1.97. The molecule has 4 heteroatoms. The van der Waals surface area contributed by atoms with Crippen molar-refractivity contribution in [1.29, 1.82) is 0 Å². The van der Waals surface area contributed by atoms with Crippen LogP contribution in [0.1, 0.15) is 16.5 Å². The summed E-state index contributed by atoms with van der Waals surface area (Å²) >= 11 is 1.51. The second kappa shape index (κ2) is 6.30. The summed E-state index contributed by atoms with van der Waals surface area (Å²) in [6.45, 7) is 0. The fourth-order valence-electron chi connectivity index (χ4n) is 2.48. The van der Waals surface area contributed by atoms with Gasteiger partial charge in [-0.3, -0.25) is 4.79 Å². The highest BCUT2D eigenvalue weighted by atomic mass is 32.1. The van der Waals surface area contributed by atoms with E-state index in [9.17, 15) is 9.90 Å². The molecule has 2 aromatic carbocycles. The second-order valence-corrected chi connectivity index (χ2v) is 6.21. The zero-order valence-corrected chi connectivity index (χ0v) is 13.0. The molecule has 0 aliphatic heterocycles. The van der Waals surface area contributed by atoms with Crippen LogP contribution in [0.5, 0.6) is 5.75 Å². The Kier molecular flexibility index (Phi) is 4.22. The van der Waals surface area contributed by atoms with E-state index in [0.29, 0.717) is 17.6 Å². The monoisotopic (exact) mass is 312 g/mol. The largest absolute Gasteiger partial charge is 0.496 e. The molecular formula is C18H16O3S.